The van der Waals surface area contributed by atoms with Crippen molar-refractivity contribution in [1.29, 1.82) is 0 Å². The summed E-state index contributed by atoms with van der Waals surface area (Å²) in [5.41, 5.74) is 3.32. The van der Waals surface area contributed by atoms with E-state index in [-0.39, 0.29) is 4.90 Å². The smallest absolute Gasteiger partial charge is 0.200 e. The van der Waals surface area contributed by atoms with Crippen LogP contribution in [0.25, 0.3) is 0 Å². The van der Waals surface area contributed by atoms with Crippen molar-refractivity contribution in [2.24, 2.45) is 5.10 Å². The van der Waals surface area contributed by atoms with Gasteiger partial charge in [-0.15, -0.1) is 0 Å². The average molecular weight is 490 g/mol. The quantitative estimate of drug-likeness (QED) is 0.454. The van der Waals surface area contributed by atoms with Gasteiger partial charge in [-0.3, -0.25) is 0 Å². The number of aryl methyl sites for hydroxylation is 1. The fourth-order valence-electron chi connectivity index (χ4n) is 3.32. The van der Waals surface area contributed by atoms with Crippen LogP contribution >= 0.6 is 27.5 Å². The molecule has 0 aliphatic carbocycles. The summed E-state index contributed by atoms with van der Waals surface area (Å²) in [7, 11) is -3.84. The molecular weight excluding hydrogens is 472 g/mol. The van der Waals surface area contributed by atoms with Crippen molar-refractivity contribution in [2.45, 2.75) is 24.3 Å². The first-order chi connectivity index (χ1) is 13.9. The highest BCUT2D eigenvalue weighted by Gasteiger charge is 2.38. The highest BCUT2D eigenvalue weighted by Crippen LogP contribution is 2.39. The Labute approximate surface area is 184 Å². The second-order valence-corrected chi connectivity index (χ2v) is 10.0. The molecule has 0 saturated carbocycles. The Morgan fingerprint density at radius 1 is 1.00 bits per heavy atom. The minimum Gasteiger partial charge on any atom is -0.200 e. The van der Waals surface area contributed by atoms with E-state index < -0.39 is 16.1 Å². The van der Waals surface area contributed by atoms with Crippen molar-refractivity contribution in [3.8, 4) is 0 Å². The van der Waals surface area contributed by atoms with Crippen LogP contribution < -0.4 is 0 Å². The standard InChI is InChI=1S/C22H18BrClN2O2S/c1-15-6-12-18(13-7-15)29(27,28)26-22(19-4-2-3-5-20(19)24)14-21(25-26)16-8-10-17(23)11-9-16/h2-13,22H,14H2,1H3/t22-/m1/s1. The van der Waals surface area contributed by atoms with Crippen LogP contribution in [0.1, 0.15) is 29.2 Å². The van der Waals surface area contributed by atoms with Crippen molar-refractivity contribution < 1.29 is 8.42 Å². The van der Waals surface area contributed by atoms with Crippen molar-refractivity contribution >= 4 is 43.3 Å². The van der Waals surface area contributed by atoms with Gasteiger partial charge in [0.05, 0.1) is 16.6 Å². The molecular formula is C22H18BrClN2O2S. The van der Waals surface area contributed by atoms with Gasteiger partial charge in [-0.2, -0.15) is 17.9 Å². The maximum Gasteiger partial charge on any atom is 0.279 e. The summed E-state index contributed by atoms with van der Waals surface area (Å²) in [6, 6.07) is 21.3. The van der Waals surface area contributed by atoms with Crippen molar-refractivity contribution in [2.75, 3.05) is 0 Å². The Kier molecular flexibility index (Phi) is 5.51. The lowest BCUT2D eigenvalue weighted by atomic mass is 9.99. The van der Waals surface area contributed by atoms with Crippen LogP contribution in [-0.4, -0.2) is 18.5 Å². The van der Waals surface area contributed by atoms with E-state index >= 15 is 0 Å². The Balaban J connectivity index is 1.82. The van der Waals surface area contributed by atoms with Gasteiger partial charge in [0.1, 0.15) is 0 Å². The first kappa shape index (κ1) is 20.1. The minimum absolute atomic E-state index is 0.209. The predicted octanol–water partition coefficient (Wildman–Crippen LogP) is 5.95. The molecule has 7 heteroatoms. The highest BCUT2D eigenvalue weighted by atomic mass is 79.9. The SMILES string of the molecule is Cc1ccc(S(=O)(=O)N2N=C(c3ccc(Br)cc3)C[C@@H]2c2ccccc2Cl)cc1. The third-order valence-corrected chi connectivity index (χ3v) is 7.45. The molecule has 1 heterocycles. The molecule has 0 fully saturated rings. The molecule has 3 aromatic rings. The largest absolute Gasteiger partial charge is 0.279 e. The van der Waals surface area contributed by atoms with Crippen LogP contribution in [0.15, 0.2) is 87.3 Å². The zero-order chi connectivity index (χ0) is 20.6. The Bertz CT molecular complexity index is 1180. The number of benzene rings is 3. The number of hydrogen-bond donors (Lipinski definition) is 0. The second kappa shape index (κ2) is 7.94. The number of hydrogen-bond acceptors (Lipinski definition) is 3. The second-order valence-electron chi connectivity index (χ2n) is 6.89. The van der Waals surface area contributed by atoms with Gasteiger partial charge >= 0.3 is 0 Å². The van der Waals surface area contributed by atoms with E-state index in [1.54, 1.807) is 30.3 Å². The van der Waals surface area contributed by atoms with Gasteiger partial charge < -0.3 is 0 Å². The van der Waals surface area contributed by atoms with Crippen molar-refractivity contribution in [3.05, 3.63) is 99.0 Å². The van der Waals surface area contributed by atoms with Gasteiger partial charge in [0.2, 0.25) is 0 Å². The first-order valence-corrected chi connectivity index (χ1v) is 11.7. The van der Waals surface area contributed by atoms with Gasteiger partial charge in [-0.25, -0.2) is 0 Å². The van der Waals surface area contributed by atoms with Crippen LogP contribution in [0.5, 0.6) is 0 Å². The highest BCUT2D eigenvalue weighted by molar-refractivity contribution is 9.10. The number of halogens is 2. The lowest BCUT2D eigenvalue weighted by Gasteiger charge is -2.24. The zero-order valence-electron chi connectivity index (χ0n) is 15.6. The molecule has 0 spiro atoms. The summed E-state index contributed by atoms with van der Waals surface area (Å²) in [6.07, 6.45) is 0.441. The summed E-state index contributed by atoms with van der Waals surface area (Å²) in [5, 5.41) is 5.07. The predicted molar refractivity (Wildman–Crippen MR) is 120 cm³/mol. The summed E-state index contributed by atoms with van der Waals surface area (Å²) < 4.78 is 29.0. The summed E-state index contributed by atoms with van der Waals surface area (Å²) in [6.45, 7) is 1.92. The van der Waals surface area contributed by atoms with E-state index in [0.29, 0.717) is 17.2 Å². The van der Waals surface area contributed by atoms with E-state index in [1.807, 2.05) is 49.4 Å². The monoisotopic (exact) mass is 488 g/mol. The van der Waals surface area contributed by atoms with Crippen LogP contribution in [0.2, 0.25) is 5.02 Å². The molecule has 0 aromatic heterocycles. The number of nitrogens with zero attached hydrogens (tertiary/aromatic N) is 2. The van der Waals surface area contributed by atoms with Crippen molar-refractivity contribution in [1.82, 2.24) is 4.41 Å². The molecule has 29 heavy (non-hydrogen) atoms. The zero-order valence-corrected chi connectivity index (χ0v) is 18.7. The molecule has 1 atom stereocenters. The van der Waals surface area contributed by atoms with E-state index in [9.17, 15) is 8.42 Å². The maximum absolute atomic E-state index is 13.4. The normalized spacial score (nSPS) is 16.7. The fourth-order valence-corrected chi connectivity index (χ4v) is 5.27. The number of sulfonamides is 1. The average Bonchev–Trinajstić information content (AvgIpc) is 3.15. The molecule has 4 rings (SSSR count). The van der Waals surface area contributed by atoms with Crippen LogP contribution in [0, 0.1) is 6.92 Å². The third-order valence-electron chi connectivity index (χ3n) is 4.88. The fraction of sp³-hybridized carbons (Fsp3) is 0.136. The van der Waals surface area contributed by atoms with E-state index in [1.165, 1.54) is 4.41 Å². The lowest BCUT2D eigenvalue weighted by molar-refractivity contribution is 0.371. The van der Waals surface area contributed by atoms with E-state index in [2.05, 4.69) is 21.0 Å². The molecule has 0 N–H and O–H groups in total. The molecule has 0 amide bonds. The summed E-state index contributed by atoms with van der Waals surface area (Å²) >= 11 is 9.85. The summed E-state index contributed by atoms with van der Waals surface area (Å²) in [4.78, 5) is 0.209. The molecule has 0 radical (unpaired) electrons. The molecule has 148 valence electrons. The minimum atomic E-state index is -3.84. The number of hydrazone groups is 1. The van der Waals surface area contributed by atoms with Gasteiger partial charge in [0.25, 0.3) is 10.0 Å². The van der Waals surface area contributed by atoms with Crippen LogP contribution in [0.4, 0.5) is 0 Å². The molecule has 0 bridgehead atoms. The third kappa shape index (κ3) is 3.97. The molecule has 3 aromatic carbocycles. The topological polar surface area (TPSA) is 49.7 Å². The molecule has 1 aliphatic heterocycles. The van der Waals surface area contributed by atoms with Gasteiger partial charge in [0.15, 0.2) is 0 Å². The lowest BCUT2D eigenvalue weighted by Crippen LogP contribution is -2.27. The Morgan fingerprint density at radius 2 is 1.66 bits per heavy atom. The molecule has 0 unspecified atom stereocenters. The van der Waals surface area contributed by atoms with E-state index in [0.717, 1.165) is 21.2 Å². The van der Waals surface area contributed by atoms with Gasteiger partial charge in [0, 0.05) is 15.9 Å². The van der Waals surface area contributed by atoms with E-state index in [4.69, 9.17) is 11.6 Å². The molecule has 4 nitrogen and oxygen atoms in total. The maximum atomic E-state index is 13.4. The van der Waals surface area contributed by atoms with Crippen molar-refractivity contribution in [3.63, 3.8) is 0 Å². The Morgan fingerprint density at radius 3 is 2.31 bits per heavy atom. The molecule has 0 saturated heterocycles. The van der Waals surface area contributed by atoms with Crippen LogP contribution in [0.3, 0.4) is 0 Å². The first-order valence-electron chi connectivity index (χ1n) is 9.05. The van der Waals surface area contributed by atoms with Gasteiger partial charge in [-0.05, 0) is 48.4 Å². The van der Waals surface area contributed by atoms with Gasteiger partial charge in [-0.1, -0.05) is 75.6 Å². The summed E-state index contributed by atoms with van der Waals surface area (Å²) in [5.74, 6) is 0. The Hall–Kier alpha value is -2.15. The number of rotatable bonds is 4. The van der Waals surface area contributed by atoms with Crippen LogP contribution in [-0.2, 0) is 10.0 Å². The molecule has 1 aliphatic rings.